The number of ketones is 1. The number of carbonyl (C=O) groups excluding carboxylic acids is 2. The number of allylic oxidation sites excluding steroid dienone is 1. The average Bonchev–Trinajstić information content (AvgIpc) is 3.04. The van der Waals surface area contributed by atoms with E-state index in [2.05, 4.69) is 0 Å². The fourth-order valence-corrected chi connectivity index (χ4v) is 3.09. The van der Waals surface area contributed by atoms with E-state index >= 15 is 0 Å². The number of ether oxygens (including phenoxy) is 1. The third-order valence-electron chi connectivity index (χ3n) is 4.34. The smallest absolute Gasteiger partial charge is 0.317 e. The number of carbonyl (C=O) groups is 2. The summed E-state index contributed by atoms with van der Waals surface area (Å²) in [6, 6.07) is 7.60. The Morgan fingerprint density at radius 3 is 2.58 bits per heavy atom. The second kappa shape index (κ2) is 7.26. The first kappa shape index (κ1) is 17.7. The average molecular weight is 330 g/mol. The summed E-state index contributed by atoms with van der Waals surface area (Å²) < 4.78 is 18.7. The van der Waals surface area contributed by atoms with Crippen LogP contribution in [0.25, 0.3) is 0 Å². The number of halogens is 1. The minimum atomic E-state index is -0.934. The van der Waals surface area contributed by atoms with Crippen LogP contribution in [0.15, 0.2) is 35.5 Å². The Balaban J connectivity index is 2.18. The van der Waals surface area contributed by atoms with E-state index in [0.717, 1.165) is 12.8 Å². The molecular formula is C18H19FN2O3. The number of nitrogens with two attached hydrogens (primary N) is 1. The van der Waals surface area contributed by atoms with Gasteiger partial charge in [-0.05, 0) is 37.5 Å². The highest BCUT2D eigenvalue weighted by molar-refractivity contribution is 6.01. The van der Waals surface area contributed by atoms with Gasteiger partial charge in [0.05, 0.1) is 5.41 Å². The molecule has 0 aromatic heterocycles. The highest BCUT2D eigenvalue weighted by Crippen LogP contribution is 2.42. The minimum absolute atomic E-state index is 0.0826. The van der Waals surface area contributed by atoms with Gasteiger partial charge in [-0.1, -0.05) is 25.0 Å². The molecule has 2 rings (SSSR count). The van der Waals surface area contributed by atoms with E-state index in [1.807, 2.05) is 0 Å². The molecule has 126 valence electrons. The van der Waals surface area contributed by atoms with Crippen molar-refractivity contribution in [3.8, 4) is 6.07 Å². The lowest BCUT2D eigenvalue weighted by atomic mass is 9.79. The second-order valence-electron chi connectivity index (χ2n) is 5.97. The maximum atomic E-state index is 13.5. The van der Waals surface area contributed by atoms with Gasteiger partial charge >= 0.3 is 5.97 Å². The summed E-state index contributed by atoms with van der Waals surface area (Å²) in [6.07, 6.45) is 2.73. The molecule has 24 heavy (non-hydrogen) atoms. The molecule has 0 atom stereocenters. The van der Waals surface area contributed by atoms with Crippen molar-refractivity contribution in [3.05, 3.63) is 46.9 Å². The molecular weight excluding hydrogens is 311 g/mol. The lowest BCUT2D eigenvalue weighted by molar-refractivity contribution is -0.153. The zero-order valence-corrected chi connectivity index (χ0v) is 13.5. The number of rotatable bonds is 5. The van der Waals surface area contributed by atoms with Crippen molar-refractivity contribution in [2.45, 2.75) is 38.0 Å². The first-order valence-electron chi connectivity index (χ1n) is 7.73. The van der Waals surface area contributed by atoms with Crippen molar-refractivity contribution in [2.24, 2.45) is 5.73 Å². The standard InChI is InChI=1S/C18H19FN2O3/c1-12(21)15(10-20)16(22)11-24-17(23)18(7-2-3-8-18)13-5-4-6-14(19)9-13/h4-6,9H,2-3,7-8,11,21H2,1H3/b15-12-. The van der Waals surface area contributed by atoms with Gasteiger partial charge in [0.15, 0.2) is 6.61 Å². The first-order valence-corrected chi connectivity index (χ1v) is 7.73. The van der Waals surface area contributed by atoms with E-state index in [0.29, 0.717) is 18.4 Å². The van der Waals surface area contributed by atoms with Crippen molar-refractivity contribution in [1.29, 1.82) is 5.26 Å². The van der Waals surface area contributed by atoms with Gasteiger partial charge in [-0.2, -0.15) is 5.26 Å². The second-order valence-corrected chi connectivity index (χ2v) is 5.97. The SMILES string of the molecule is C/C(N)=C(\C#N)C(=O)COC(=O)C1(c2cccc(F)c2)CCCC1. The van der Waals surface area contributed by atoms with E-state index in [4.69, 9.17) is 15.7 Å². The maximum absolute atomic E-state index is 13.5. The van der Waals surface area contributed by atoms with Crippen LogP contribution in [0.2, 0.25) is 0 Å². The number of benzene rings is 1. The van der Waals surface area contributed by atoms with Crippen LogP contribution in [0.4, 0.5) is 4.39 Å². The Hall–Kier alpha value is -2.68. The Kier molecular flexibility index (Phi) is 5.35. The van der Waals surface area contributed by atoms with Crippen LogP contribution in [0.5, 0.6) is 0 Å². The summed E-state index contributed by atoms with van der Waals surface area (Å²) >= 11 is 0. The molecule has 2 N–H and O–H groups in total. The predicted molar refractivity (Wildman–Crippen MR) is 85.0 cm³/mol. The molecule has 0 spiro atoms. The molecule has 0 bridgehead atoms. The molecule has 1 aromatic rings. The van der Waals surface area contributed by atoms with Crippen LogP contribution >= 0.6 is 0 Å². The number of nitrogens with zero attached hydrogens (tertiary/aromatic N) is 1. The van der Waals surface area contributed by atoms with Gasteiger partial charge in [0.1, 0.15) is 17.5 Å². The number of esters is 1. The summed E-state index contributed by atoms with van der Waals surface area (Å²) in [5.74, 6) is -1.62. The van der Waals surface area contributed by atoms with Gasteiger partial charge < -0.3 is 10.5 Å². The molecule has 0 radical (unpaired) electrons. The molecule has 0 amide bonds. The summed E-state index contributed by atoms with van der Waals surface area (Å²) in [4.78, 5) is 24.6. The fourth-order valence-electron chi connectivity index (χ4n) is 3.09. The largest absolute Gasteiger partial charge is 0.457 e. The molecule has 1 aliphatic rings. The van der Waals surface area contributed by atoms with Gasteiger partial charge in [0, 0.05) is 5.70 Å². The normalized spacial score (nSPS) is 16.9. The third kappa shape index (κ3) is 3.46. The number of hydrogen-bond acceptors (Lipinski definition) is 5. The Bertz CT molecular complexity index is 724. The molecule has 1 fully saturated rings. The van der Waals surface area contributed by atoms with E-state index in [1.54, 1.807) is 18.2 Å². The zero-order chi connectivity index (χ0) is 17.7. The summed E-state index contributed by atoms with van der Waals surface area (Å²) in [5, 5.41) is 8.91. The van der Waals surface area contributed by atoms with Crippen molar-refractivity contribution < 1.29 is 18.7 Å². The lowest BCUT2D eigenvalue weighted by Crippen LogP contribution is -2.36. The van der Waals surface area contributed by atoms with E-state index < -0.39 is 29.6 Å². The molecule has 0 aliphatic heterocycles. The van der Waals surface area contributed by atoms with Crippen LogP contribution in [0.1, 0.15) is 38.2 Å². The van der Waals surface area contributed by atoms with E-state index in [9.17, 15) is 14.0 Å². The topological polar surface area (TPSA) is 93.2 Å². The van der Waals surface area contributed by atoms with Gasteiger partial charge in [0.25, 0.3) is 0 Å². The molecule has 0 heterocycles. The van der Waals surface area contributed by atoms with Gasteiger partial charge in [-0.25, -0.2) is 4.39 Å². The minimum Gasteiger partial charge on any atom is -0.457 e. The molecule has 0 unspecified atom stereocenters. The Morgan fingerprint density at radius 1 is 1.38 bits per heavy atom. The van der Waals surface area contributed by atoms with Crippen LogP contribution in [-0.2, 0) is 19.7 Å². The number of nitriles is 1. The van der Waals surface area contributed by atoms with Gasteiger partial charge in [-0.15, -0.1) is 0 Å². The summed E-state index contributed by atoms with van der Waals surface area (Å²) in [5.41, 5.74) is 4.96. The van der Waals surface area contributed by atoms with Crippen molar-refractivity contribution in [2.75, 3.05) is 6.61 Å². The molecule has 1 saturated carbocycles. The van der Waals surface area contributed by atoms with Crippen LogP contribution in [0, 0.1) is 17.1 Å². The Labute approximate surface area is 139 Å². The number of Topliss-reactive ketones (excluding diaryl/α,β-unsaturated/α-hetero) is 1. The first-order chi connectivity index (χ1) is 11.4. The van der Waals surface area contributed by atoms with Crippen LogP contribution in [-0.4, -0.2) is 18.4 Å². The zero-order valence-electron chi connectivity index (χ0n) is 13.5. The number of hydrogen-bond donors (Lipinski definition) is 1. The molecule has 5 nitrogen and oxygen atoms in total. The third-order valence-corrected chi connectivity index (χ3v) is 4.34. The van der Waals surface area contributed by atoms with Gasteiger partial charge in [0.2, 0.25) is 5.78 Å². The van der Waals surface area contributed by atoms with E-state index in [-0.39, 0.29) is 11.3 Å². The Morgan fingerprint density at radius 2 is 2.04 bits per heavy atom. The monoisotopic (exact) mass is 330 g/mol. The summed E-state index contributed by atoms with van der Waals surface area (Å²) in [6.45, 7) is 0.886. The molecule has 1 aliphatic carbocycles. The van der Waals surface area contributed by atoms with Crippen molar-refractivity contribution >= 4 is 11.8 Å². The predicted octanol–water partition coefficient (Wildman–Crippen LogP) is 2.51. The molecule has 1 aromatic carbocycles. The molecule has 0 saturated heterocycles. The lowest BCUT2D eigenvalue weighted by Gasteiger charge is -2.27. The quantitative estimate of drug-likeness (QED) is 0.508. The fraction of sp³-hybridized carbons (Fsp3) is 0.389. The summed E-state index contributed by atoms with van der Waals surface area (Å²) in [7, 11) is 0. The highest BCUT2D eigenvalue weighted by Gasteiger charge is 2.44. The van der Waals surface area contributed by atoms with Crippen molar-refractivity contribution in [3.63, 3.8) is 0 Å². The van der Waals surface area contributed by atoms with Crippen LogP contribution in [0.3, 0.4) is 0 Å². The van der Waals surface area contributed by atoms with E-state index in [1.165, 1.54) is 19.1 Å². The molecule has 6 heteroatoms. The van der Waals surface area contributed by atoms with Gasteiger partial charge in [-0.3, -0.25) is 9.59 Å². The van der Waals surface area contributed by atoms with Crippen LogP contribution < -0.4 is 5.73 Å². The maximum Gasteiger partial charge on any atom is 0.317 e. The van der Waals surface area contributed by atoms with Crippen molar-refractivity contribution in [1.82, 2.24) is 0 Å². The highest BCUT2D eigenvalue weighted by atomic mass is 19.1.